The number of carbonyl (C=O) groups excluding carboxylic acids is 1. The molecule has 0 atom stereocenters. The molecule has 0 saturated carbocycles. The molecule has 3 rings (SSSR count). The molecule has 1 amide bonds. The average molecular weight is 257 g/mol. The zero-order valence-electron chi connectivity index (χ0n) is 9.95. The summed E-state index contributed by atoms with van der Waals surface area (Å²) in [7, 11) is 0. The van der Waals surface area contributed by atoms with E-state index in [1.54, 1.807) is 42.5 Å². The van der Waals surface area contributed by atoms with E-state index < -0.39 is 5.91 Å². The average Bonchev–Trinajstić information content (AvgIpc) is 2.94. The lowest BCUT2D eigenvalue weighted by molar-refractivity contribution is 0.0854. The SMILES string of the molecule is O=C(c1ccc2c(c1)OCO2)N(O)c1ccccc1. The van der Waals surface area contributed by atoms with Crippen LogP contribution in [0.4, 0.5) is 5.69 Å². The molecule has 0 radical (unpaired) electrons. The van der Waals surface area contributed by atoms with Gasteiger partial charge >= 0.3 is 0 Å². The Morgan fingerprint density at radius 2 is 1.79 bits per heavy atom. The van der Waals surface area contributed by atoms with Crippen LogP contribution in [-0.4, -0.2) is 17.9 Å². The summed E-state index contributed by atoms with van der Waals surface area (Å²) in [5.41, 5.74) is 0.737. The van der Waals surface area contributed by atoms with Gasteiger partial charge in [-0.05, 0) is 30.3 Å². The lowest BCUT2D eigenvalue weighted by Crippen LogP contribution is -2.26. The molecule has 0 aromatic heterocycles. The van der Waals surface area contributed by atoms with Gasteiger partial charge in [0.1, 0.15) is 0 Å². The van der Waals surface area contributed by atoms with Crippen LogP contribution in [-0.2, 0) is 0 Å². The third-order valence-electron chi connectivity index (χ3n) is 2.81. The molecule has 0 spiro atoms. The standard InChI is InChI=1S/C14H11NO4/c16-14(15(17)11-4-2-1-3-5-11)10-6-7-12-13(8-10)19-9-18-12/h1-8,17H,9H2. The van der Waals surface area contributed by atoms with E-state index >= 15 is 0 Å². The second kappa shape index (κ2) is 4.62. The highest BCUT2D eigenvalue weighted by Crippen LogP contribution is 2.33. The van der Waals surface area contributed by atoms with Gasteiger partial charge in [-0.15, -0.1) is 0 Å². The Balaban J connectivity index is 1.88. The first-order valence-corrected chi connectivity index (χ1v) is 5.74. The highest BCUT2D eigenvalue weighted by atomic mass is 16.7. The number of ether oxygens (including phenoxy) is 2. The molecule has 2 aromatic rings. The van der Waals surface area contributed by atoms with Crippen molar-refractivity contribution in [3.05, 3.63) is 54.1 Å². The summed E-state index contributed by atoms with van der Waals surface area (Å²) in [5, 5.41) is 10.5. The molecule has 19 heavy (non-hydrogen) atoms. The number of rotatable bonds is 2. The van der Waals surface area contributed by atoms with Gasteiger partial charge in [-0.1, -0.05) is 18.2 Å². The molecule has 5 nitrogen and oxygen atoms in total. The summed E-state index contributed by atoms with van der Waals surface area (Å²) in [4.78, 5) is 12.1. The fraction of sp³-hybridized carbons (Fsp3) is 0.0714. The van der Waals surface area contributed by atoms with Crippen LogP contribution < -0.4 is 14.5 Å². The molecule has 1 aliphatic heterocycles. The second-order valence-electron chi connectivity index (χ2n) is 4.02. The number of carbonyl (C=O) groups is 1. The highest BCUT2D eigenvalue weighted by molar-refractivity contribution is 6.04. The summed E-state index contributed by atoms with van der Waals surface area (Å²) < 4.78 is 10.4. The Kier molecular flexibility index (Phi) is 2.81. The number of nitrogens with zero attached hydrogens (tertiary/aromatic N) is 1. The molecule has 0 bridgehead atoms. The van der Waals surface area contributed by atoms with E-state index in [0.29, 0.717) is 27.8 Å². The van der Waals surface area contributed by atoms with Crippen LogP contribution in [0.3, 0.4) is 0 Å². The summed E-state index contributed by atoms with van der Waals surface area (Å²) in [6, 6.07) is 13.4. The number of hydrogen-bond donors (Lipinski definition) is 1. The zero-order valence-corrected chi connectivity index (χ0v) is 9.95. The van der Waals surface area contributed by atoms with Crippen molar-refractivity contribution in [1.82, 2.24) is 0 Å². The van der Waals surface area contributed by atoms with E-state index in [2.05, 4.69) is 0 Å². The van der Waals surface area contributed by atoms with Crippen molar-refractivity contribution in [2.75, 3.05) is 11.9 Å². The summed E-state index contributed by atoms with van der Waals surface area (Å²) in [5.74, 6) is 0.581. The molecule has 2 aromatic carbocycles. The maximum Gasteiger partial charge on any atom is 0.282 e. The molecule has 0 fully saturated rings. The molecule has 5 heteroatoms. The smallest absolute Gasteiger partial charge is 0.282 e. The van der Waals surface area contributed by atoms with Gasteiger partial charge in [-0.3, -0.25) is 10.0 Å². The molecular weight excluding hydrogens is 246 g/mol. The summed E-state index contributed by atoms with van der Waals surface area (Å²) in [6.07, 6.45) is 0. The molecule has 96 valence electrons. The Morgan fingerprint density at radius 1 is 1.05 bits per heavy atom. The first kappa shape index (κ1) is 11.6. The quantitative estimate of drug-likeness (QED) is 0.663. The van der Waals surface area contributed by atoms with Gasteiger partial charge in [0.25, 0.3) is 5.91 Å². The monoisotopic (exact) mass is 257 g/mol. The third-order valence-corrected chi connectivity index (χ3v) is 2.81. The predicted octanol–water partition coefficient (Wildman–Crippen LogP) is 2.45. The van der Waals surface area contributed by atoms with E-state index in [0.717, 1.165) is 0 Å². The molecule has 1 heterocycles. The summed E-state index contributed by atoms with van der Waals surface area (Å²) in [6.45, 7) is 0.147. The maximum absolute atomic E-state index is 12.1. The van der Waals surface area contributed by atoms with Crippen LogP contribution in [0.25, 0.3) is 0 Å². The minimum Gasteiger partial charge on any atom is -0.454 e. The van der Waals surface area contributed by atoms with Crippen molar-refractivity contribution in [3.8, 4) is 11.5 Å². The number of amides is 1. The summed E-state index contributed by atoms with van der Waals surface area (Å²) >= 11 is 0. The maximum atomic E-state index is 12.1. The van der Waals surface area contributed by atoms with Gasteiger partial charge in [0.2, 0.25) is 6.79 Å². The fourth-order valence-corrected chi connectivity index (χ4v) is 1.84. The van der Waals surface area contributed by atoms with E-state index in [1.807, 2.05) is 6.07 Å². The number of hydrogen-bond acceptors (Lipinski definition) is 4. The van der Waals surface area contributed by atoms with Crippen LogP contribution in [0.2, 0.25) is 0 Å². The molecule has 1 aliphatic rings. The van der Waals surface area contributed by atoms with Gasteiger partial charge in [-0.2, -0.15) is 5.06 Å². The number of para-hydroxylation sites is 1. The van der Waals surface area contributed by atoms with E-state index in [4.69, 9.17) is 9.47 Å². The van der Waals surface area contributed by atoms with Gasteiger partial charge in [0, 0.05) is 5.56 Å². The molecule has 0 aliphatic carbocycles. The third kappa shape index (κ3) is 2.11. The molecule has 0 unspecified atom stereocenters. The van der Waals surface area contributed by atoms with E-state index in [9.17, 15) is 10.0 Å². The first-order valence-electron chi connectivity index (χ1n) is 5.74. The Hall–Kier alpha value is -2.53. The minimum atomic E-state index is -0.524. The van der Waals surface area contributed by atoms with Crippen LogP contribution in [0.1, 0.15) is 10.4 Å². The Bertz CT molecular complexity index is 612. The normalized spacial score (nSPS) is 12.3. The topological polar surface area (TPSA) is 59.0 Å². The fourth-order valence-electron chi connectivity index (χ4n) is 1.84. The lowest BCUT2D eigenvalue weighted by Gasteiger charge is -2.14. The van der Waals surface area contributed by atoms with Crippen molar-refractivity contribution in [2.45, 2.75) is 0 Å². The van der Waals surface area contributed by atoms with Crippen molar-refractivity contribution < 1.29 is 19.5 Å². The molecule has 1 N–H and O–H groups in total. The van der Waals surface area contributed by atoms with Crippen molar-refractivity contribution in [1.29, 1.82) is 0 Å². The largest absolute Gasteiger partial charge is 0.454 e. The van der Waals surface area contributed by atoms with Gasteiger partial charge in [0.15, 0.2) is 11.5 Å². The number of fused-ring (bicyclic) bond motifs is 1. The van der Waals surface area contributed by atoms with Gasteiger partial charge in [-0.25, -0.2) is 0 Å². The van der Waals surface area contributed by atoms with Crippen LogP contribution in [0.15, 0.2) is 48.5 Å². The first-order chi connectivity index (χ1) is 9.25. The number of anilines is 1. The Labute approximate surface area is 109 Å². The van der Waals surface area contributed by atoms with Crippen molar-refractivity contribution >= 4 is 11.6 Å². The van der Waals surface area contributed by atoms with Crippen LogP contribution in [0.5, 0.6) is 11.5 Å². The minimum absolute atomic E-state index is 0.147. The zero-order chi connectivity index (χ0) is 13.2. The number of hydroxylamine groups is 1. The second-order valence-corrected chi connectivity index (χ2v) is 4.02. The number of benzene rings is 2. The predicted molar refractivity (Wildman–Crippen MR) is 67.6 cm³/mol. The van der Waals surface area contributed by atoms with Gasteiger partial charge in [0.05, 0.1) is 5.69 Å². The Morgan fingerprint density at radius 3 is 2.58 bits per heavy atom. The lowest BCUT2D eigenvalue weighted by atomic mass is 10.2. The molecule has 0 saturated heterocycles. The van der Waals surface area contributed by atoms with Crippen molar-refractivity contribution in [2.24, 2.45) is 0 Å². The highest BCUT2D eigenvalue weighted by Gasteiger charge is 2.20. The van der Waals surface area contributed by atoms with E-state index in [1.165, 1.54) is 0 Å². The van der Waals surface area contributed by atoms with Gasteiger partial charge < -0.3 is 9.47 Å². The van der Waals surface area contributed by atoms with Crippen LogP contribution >= 0.6 is 0 Å². The van der Waals surface area contributed by atoms with Crippen LogP contribution in [0, 0.1) is 0 Å². The van der Waals surface area contributed by atoms with Crippen molar-refractivity contribution in [3.63, 3.8) is 0 Å². The van der Waals surface area contributed by atoms with E-state index in [-0.39, 0.29) is 6.79 Å². The molecular formula is C14H11NO4.